The molecule has 208 valence electrons. The molecule has 2 aromatic heterocycles. The minimum absolute atomic E-state index is 0.313. The Balaban J connectivity index is 1.04. The number of nitrogens with zero attached hydrogens (tertiary/aromatic N) is 4. The lowest BCUT2D eigenvalue weighted by Crippen LogP contribution is -2.35. The summed E-state index contributed by atoms with van der Waals surface area (Å²) < 4.78 is 12.5. The van der Waals surface area contributed by atoms with Gasteiger partial charge in [0.25, 0.3) is 0 Å². The lowest BCUT2D eigenvalue weighted by atomic mass is 9.90. The summed E-state index contributed by atoms with van der Waals surface area (Å²) >= 11 is 0. The monoisotopic (exact) mass is 538 g/mol. The Morgan fingerprint density at radius 2 is 1.57 bits per heavy atom. The van der Waals surface area contributed by atoms with Crippen molar-refractivity contribution in [1.29, 1.82) is 0 Å². The predicted molar refractivity (Wildman–Crippen MR) is 156 cm³/mol. The fourth-order valence-electron chi connectivity index (χ4n) is 6.03. The van der Waals surface area contributed by atoms with Crippen molar-refractivity contribution >= 4 is 17.0 Å². The summed E-state index contributed by atoms with van der Waals surface area (Å²) in [5.74, 6) is 0.238. The van der Waals surface area contributed by atoms with Gasteiger partial charge in [-0.15, -0.1) is 0 Å². The maximum absolute atomic E-state index is 11.7. The van der Waals surface area contributed by atoms with Gasteiger partial charge in [-0.05, 0) is 78.4 Å². The first-order chi connectivity index (χ1) is 19.6. The van der Waals surface area contributed by atoms with E-state index in [-0.39, 0.29) is 5.97 Å². The van der Waals surface area contributed by atoms with Crippen molar-refractivity contribution in [3.8, 4) is 0 Å². The van der Waals surface area contributed by atoms with Crippen LogP contribution in [0.15, 0.2) is 73.1 Å². The van der Waals surface area contributed by atoms with Crippen LogP contribution in [-0.2, 0) is 29.1 Å². The molecule has 2 saturated heterocycles. The van der Waals surface area contributed by atoms with Gasteiger partial charge >= 0.3 is 5.97 Å². The second-order valence-corrected chi connectivity index (χ2v) is 11.1. The number of aromatic nitrogens is 2. The fourth-order valence-corrected chi connectivity index (χ4v) is 6.03. The average molecular weight is 539 g/mol. The van der Waals surface area contributed by atoms with Crippen molar-refractivity contribution in [3.05, 3.63) is 101 Å². The van der Waals surface area contributed by atoms with E-state index in [9.17, 15) is 4.79 Å². The van der Waals surface area contributed by atoms with Crippen LogP contribution in [0.3, 0.4) is 0 Å². The van der Waals surface area contributed by atoms with Crippen LogP contribution in [-0.4, -0.2) is 71.8 Å². The zero-order valence-corrected chi connectivity index (χ0v) is 23.3. The Morgan fingerprint density at radius 3 is 2.27 bits per heavy atom. The van der Waals surface area contributed by atoms with Gasteiger partial charge in [0.05, 0.1) is 25.9 Å². The SMILES string of the molecule is COC(=O)c1ccc(Cn2ccc3cc(C4CCN(Cc5cccc(CN6CCOCC6)c5)CC4)cnc32)cc1. The minimum atomic E-state index is -0.313. The number of likely N-dealkylation sites (tertiary alicyclic amines) is 1. The van der Waals surface area contributed by atoms with Crippen LogP contribution in [0.2, 0.25) is 0 Å². The molecule has 2 aliphatic heterocycles. The van der Waals surface area contributed by atoms with E-state index >= 15 is 0 Å². The normalized spacial score (nSPS) is 17.3. The number of methoxy groups -OCH3 is 1. The standard InChI is InChI=1S/C33H38N4O3/c1-39-33(38)29-7-5-25(6-8-29)24-37-14-11-30-20-31(21-34-32(30)37)28-9-12-35(13-10-28)22-26-3-2-4-27(19-26)23-36-15-17-40-18-16-36/h2-8,11,14,19-21,28H,9-10,12-13,15-18,22-24H2,1H3. The zero-order valence-electron chi connectivity index (χ0n) is 23.3. The van der Waals surface area contributed by atoms with Gasteiger partial charge in [0.1, 0.15) is 5.65 Å². The lowest BCUT2D eigenvalue weighted by molar-refractivity contribution is 0.0342. The first kappa shape index (κ1) is 26.7. The predicted octanol–water partition coefficient (Wildman–Crippen LogP) is 5.08. The molecule has 4 heterocycles. The molecule has 0 saturated carbocycles. The van der Waals surface area contributed by atoms with Gasteiger partial charge < -0.3 is 14.0 Å². The molecule has 0 amide bonds. The second-order valence-electron chi connectivity index (χ2n) is 11.1. The molecular weight excluding hydrogens is 500 g/mol. The quantitative estimate of drug-likeness (QED) is 0.292. The summed E-state index contributed by atoms with van der Waals surface area (Å²) in [6, 6.07) is 21.2. The molecule has 7 nitrogen and oxygen atoms in total. The van der Waals surface area contributed by atoms with Gasteiger partial charge in [0, 0.05) is 50.5 Å². The Kier molecular flexibility index (Phi) is 8.23. The van der Waals surface area contributed by atoms with Crippen molar-refractivity contribution in [2.45, 2.75) is 38.4 Å². The van der Waals surface area contributed by atoms with Gasteiger partial charge in [0.15, 0.2) is 0 Å². The summed E-state index contributed by atoms with van der Waals surface area (Å²) in [6.45, 7) is 8.70. The number of morpholine rings is 1. The number of benzene rings is 2. The van der Waals surface area contributed by atoms with Crippen molar-refractivity contribution < 1.29 is 14.3 Å². The molecule has 0 bridgehead atoms. The number of rotatable bonds is 8. The third-order valence-electron chi connectivity index (χ3n) is 8.32. The molecule has 0 atom stereocenters. The zero-order chi connectivity index (χ0) is 27.3. The first-order valence-electron chi connectivity index (χ1n) is 14.4. The van der Waals surface area contributed by atoms with E-state index in [2.05, 4.69) is 63.2 Å². The average Bonchev–Trinajstić information content (AvgIpc) is 3.40. The highest BCUT2D eigenvalue weighted by Crippen LogP contribution is 2.30. The van der Waals surface area contributed by atoms with E-state index in [1.54, 1.807) is 0 Å². The van der Waals surface area contributed by atoms with Crippen molar-refractivity contribution in [2.24, 2.45) is 0 Å². The van der Waals surface area contributed by atoms with E-state index in [1.165, 1.54) is 29.2 Å². The van der Waals surface area contributed by atoms with Crippen molar-refractivity contribution in [1.82, 2.24) is 19.4 Å². The van der Waals surface area contributed by atoms with Crippen LogP contribution >= 0.6 is 0 Å². The van der Waals surface area contributed by atoms with Crippen LogP contribution in [0.5, 0.6) is 0 Å². The number of ether oxygens (including phenoxy) is 2. The Hall–Kier alpha value is -3.52. The molecule has 7 heteroatoms. The third-order valence-corrected chi connectivity index (χ3v) is 8.32. The molecule has 40 heavy (non-hydrogen) atoms. The molecule has 0 N–H and O–H groups in total. The molecule has 2 aromatic carbocycles. The minimum Gasteiger partial charge on any atom is -0.465 e. The summed E-state index contributed by atoms with van der Waals surface area (Å²) in [5.41, 5.74) is 6.84. The summed E-state index contributed by atoms with van der Waals surface area (Å²) in [6.07, 6.45) is 6.50. The summed E-state index contributed by atoms with van der Waals surface area (Å²) in [4.78, 5) is 21.7. The number of carbonyl (C=O) groups is 1. The number of piperidine rings is 1. The van der Waals surface area contributed by atoms with Gasteiger partial charge in [-0.1, -0.05) is 36.4 Å². The van der Waals surface area contributed by atoms with E-state index in [1.807, 2.05) is 24.3 Å². The fraction of sp³-hybridized carbons (Fsp3) is 0.394. The number of carbonyl (C=O) groups excluding carboxylic acids is 1. The molecule has 6 rings (SSSR count). The number of hydrogen-bond donors (Lipinski definition) is 0. The second kappa shape index (κ2) is 12.3. The van der Waals surface area contributed by atoms with Crippen LogP contribution in [0.25, 0.3) is 11.0 Å². The molecule has 0 unspecified atom stereocenters. The maximum Gasteiger partial charge on any atom is 0.337 e. The Labute approximate surface area is 236 Å². The molecule has 0 radical (unpaired) electrons. The van der Waals surface area contributed by atoms with Crippen molar-refractivity contribution in [3.63, 3.8) is 0 Å². The molecule has 0 aliphatic carbocycles. The van der Waals surface area contributed by atoms with Crippen molar-refractivity contribution in [2.75, 3.05) is 46.5 Å². The highest BCUT2D eigenvalue weighted by atomic mass is 16.5. The third kappa shape index (κ3) is 6.28. The van der Waals surface area contributed by atoms with E-state index < -0.39 is 0 Å². The van der Waals surface area contributed by atoms with Crippen LogP contribution < -0.4 is 0 Å². The first-order valence-corrected chi connectivity index (χ1v) is 14.4. The maximum atomic E-state index is 11.7. The number of hydrogen-bond acceptors (Lipinski definition) is 6. The highest BCUT2D eigenvalue weighted by molar-refractivity contribution is 5.89. The largest absolute Gasteiger partial charge is 0.465 e. The van der Waals surface area contributed by atoms with Gasteiger partial charge in [-0.3, -0.25) is 9.80 Å². The molecular formula is C33H38N4O3. The molecule has 2 aliphatic rings. The van der Waals surface area contributed by atoms with Gasteiger partial charge in [-0.25, -0.2) is 9.78 Å². The van der Waals surface area contributed by atoms with Gasteiger partial charge in [0.2, 0.25) is 0 Å². The molecule has 4 aromatic rings. The van der Waals surface area contributed by atoms with Gasteiger partial charge in [-0.2, -0.15) is 0 Å². The number of esters is 1. The van der Waals surface area contributed by atoms with E-state index in [0.29, 0.717) is 18.0 Å². The van der Waals surface area contributed by atoms with Crippen LogP contribution in [0.4, 0.5) is 0 Å². The Bertz CT molecular complexity index is 1430. The summed E-state index contributed by atoms with van der Waals surface area (Å²) in [5, 5.41) is 1.18. The number of fused-ring (bicyclic) bond motifs is 1. The summed E-state index contributed by atoms with van der Waals surface area (Å²) in [7, 11) is 1.40. The van der Waals surface area contributed by atoms with E-state index in [0.717, 1.165) is 76.5 Å². The van der Waals surface area contributed by atoms with Crippen LogP contribution in [0, 0.1) is 0 Å². The Morgan fingerprint density at radius 1 is 0.875 bits per heavy atom. The smallest absolute Gasteiger partial charge is 0.337 e. The molecule has 0 spiro atoms. The highest BCUT2D eigenvalue weighted by Gasteiger charge is 2.22. The number of pyridine rings is 1. The molecule has 2 fully saturated rings. The lowest BCUT2D eigenvalue weighted by Gasteiger charge is -2.32. The van der Waals surface area contributed by atoms with Crippen LogP contribution in [0.1, 0.15) is 51.4 Å². The van der Waals surface area contributed by atoms with E-state index in [4.69, 9.17) is 14.5 Å². The topological polar surface area (TPSA) is 59.8 Å².